The van der Waals surface area contributed by atoms with Gasteiger partial charge in [-0.1, -0.05) is 43.0 Å². The number of methoxy groups -OCH3 is 1. The molecule has 0 radical (unpaired) electrons. The van der Waals surface area contributed by atoms with E-state index in [4.69, 9.17) is 4.74 Å². The summed E-state index contributed by atoms with van der Waals surface area (Å²) >= 11 is 0. The number of nitrogens with two attached hydrogens (primary N) is 1. The number of ether oxygens (including phenoxy) is 1. The molecule has 0 aromatic heterocycles. The molecule has 1 amide bonds. The number of anilines is 1. The number of benzene rings is 2. The summed E-state index contributed by atoms with van der Waals surface area (Å²) in [6.45, 7) is 4.38. The molecule has 114 valence electrons. The molecule has 2 aromatic rings. The summed E-state index contributed by atoms with van der Waals surface area (Å²) in [5.74, 6) is 0.644. The van der Waals surface area contributed by atoms with Crippen molar-refractivity contribution in [2.24, 2.45) is 0 Å². The van der Waals surface area contributed by atoms with Gasteiger partial charge in [0.2, 0.25) is 0 Å². The molecule has 1 atom stereocenters. The summed E-state index contributed by atoms with van der Waals surface area (Å²) in [6.07, 6.45) is 1.79. The van der Waals surface area contributed by atoms with E-state index in [-0.39, 0.29) is 11.9 Å². The molecule has 0 spiro atoms. The van der Waals surface area contributed by atoms with E-state index in [0.29, 0.717) is 12.3 Å². The van der Waals surface area contributed by atoms with Gasteiger partial charge in [0.05, 0.1) is 13.7 Å². The fourth-order valence-electron chi connectivity index (χ4n) is 2.21. The van der Waals surface area contributed by atoms with Crippen LogP contribution in [0.15, 0.2) is 67.3 Å². The largest absolute Gasteiger partial charge is 0.497 e. The van der Waals surface area contributed by atoms with Gasteiger partial charge < -0.3 is 15.4 Å². The summed E-state index contributed by atoms with van der Waals surface area (Å²) in [6, 6.07) is 16.7. The van der Waals surface area contributed by atoms with Gasteiger partial charge in [-0.15, -0.1) is 0 Å². The molecule has 0 heterocycles. The van der Waals surface area contributed by atoms with Crippen molar-refractivity contribution in [2.75, 3.05) is 19.0 Å². The van der Waals surface area contributed by atoms with Crippen LogP contribution >= 0.6 is 0 Å². The van der Waals surface area contributed by atoms with E-state index in [1.807, 2.05) is 53.8 Å². The molecule has 0 saturated heterocycles. The average molecular weight is 297 g/mol. The smallest absolute Gasteiger partial charge is 0.287 e. The topological polar surface area (TPSA) is 54.9 Å². The van der Waals surface area contributed by atoms with Crippen molar-refractivity contribution in [1.82, 2.24) is 0 Å². The molecule has 2 aromatic carbocycles. The second-order valence-corrected chi connectivity index (χ2v) is 4.87. The molecule has 0 unspecified atom stereocenters. The summed E-state index contributed by atoms with van der Waals surface area (Å²) in [4.78, 5) is 12.6. The Balaban J connectivity index is 2.16. The number of amides is 1. The van der Waals surface area contributed by atoms with Crippen LogP contribution in [0.25, 0.3) is 0 Å². The Morgan fingerprint density at radius 1 is 1.27 bits per heavy atom. The predicted octanol–water partition coefficient (Wildman–Crippen LogP) is 2.12. The van der Waals surface area contributed by atoms with Crippen LogP contribution in [0.4, 0.5) is 5.69 Å². The van der Waals surface area contributed by atoms with Gasteiger partial charge in [0, 0.05) is 17.3 Å². The number of carbonyl (C=O) groups is 1. The highest BCUT2D eigenvalue weighted by Gasteiger charge is 2.23. The standard InChI is InChI=1S/C18H20N2O2/c1-3-12-19-17(14-8-5-4-6-9-14)18(21)20-15-10-7-11-16(13-15)22-2/h3-11,13,17,19H,1,12H2,2H3,(H,20,21)/p+1/t17-/m1/s1. The molecule has 0 saturated carbocycles. The lowest BCUT2D eigenvalue weighted by Gasteiger charge is -2.15. The maximum Gasteiger partial charge on any atom is 0.287 e. The third-order valence-electron chi connectivity index (χ3n) is 3.32. The van der Waals surface area contributed by atoms with Crippen LogP contribution < -0.4 is 15.4 Å². The highest BCUT2D eigenvalue weighted by atomic mass is 16.5. The number of rotatable bonds is 7. The highest BCUT2D eigenvalue weighted by molar-refractivity contribution is 5.94. The van der Waals surface area contributed by atoms with Crippen molar-refractivity contribution in [3.8, 4) is 5.75 Å². The zero-order valence-corrected chi connectivity index (χ0v) is 12.7. The van der Waals surface area contributed by atoms with E-state index in [2.05, 4.69) is 11.9 Å². The van der Waals surface area contributed by atoms with E-state index in [1.54, 1.807) is 19.3 Å². The van der Waals surface area contributed by atoms with Crippen molar-refractivity contribution >= 4 is 11.6 Å². The molecule has 0 aliphatic rings. The van der Waals surface area contributed by atoms with Crippen LogP contribution in [0.3, 0.4) is 0 Å². The van der Waals surface area contributed by atoms with Crippen LogP contribution in [-0.4, -0.2) is 19.6 Å². The maximum absolute atomic E-state index is 12.6. The van der Waals surface area contributed by atoms with Gasteiger partial charge in [0.15, 0.2) is 6.04 Å². The van der Waals surface area contributed by atoms with E-state index in [0.717, 1.165) is 11.3 Å². The van der Waals surface area contributed by atoms with E-state index in [9.17, 15) is 4.79 Å². The molecule has 0 aliphatic carbocycles. The molecular weight excluding hydrogens is 276 g/mol. The van der Waals surface area contributed by atoms with E-state index < -0.39 is 0 Å². The Kier molecular flexibility index (Phi) is 5.74. The van der Waals surface area contributed by atoms with Gasteiger partial charge in [-0.3, -0.25) is 4.79 Å². The van der Waals surface area contributed by atoms with Crippen molar-refractivity contribution < 1.29 is 14.8 Å². The molecule has 3 N–H and O–H groups in total. The van der Waals surface area contributed by atoms with E-state index in [1.165, 1.54) is 0 Å². The van der Waals surface area contributed by atoms with Crippen molar-refractivity contribution in [3.63, 3.8) is 0 Å². The minimum Gasteiger partial charge on any atom is -0.497 e. The third-order valence-corrected chi connectivity index (χ3v) is 3.32. The maximum atomic E-state index is 12.6. The molecule has 4 heteroatoms. The SMILES string of the molecule is C=CC[NH2+][C@@H](C(=O)Nc1cccc(OC)c1)c1ccccc1. The van der Waals surface area contributed by atoms with Crippen LogP contribution in [0.2, 0.25) is 0 Å². The quantitative estimate of drug-likeness (QED) is 0.769. The van der Waals surface area contributed by atoms with Crippen molar-refractivity contribution in [2.45, 2.75) is 6.04 Å². The lowest BCUT2D eigenvalue weighted by atomic mass is 10.1. The Bertz CT molecular complexity index is 626. The first kappa shape index (κ1) is 15.8. The molecular formula is C18H21N2O2+. The fourth-order valence-corrected chi connectivity index (χ4v) is 2.21. The minimum absolute atomic E-state index is 0.0682. The number of hydrogen-bond acceptors (Lipinski definition) is 2. The summed E-state index contributed by atoms with van der Waals surface area (Å²) < 4.78 is 5.17. The summed E-state index contributed by atoms with van der Waals surface area (Å²) in [5.41, 5.74) is 1.68. The Hall–Kier alpha value is -2.59. The Labute approximate surface area is 130 Å². The van der Waals surface area contributed by atoms with Crippen molar-refractivity contribution in [3.05, 3.63) is 72.8 Å². The molecule has 0 aliphatic heterocycles. The number of carbonyl (C=O) groups excluding carboxylic acids is 1. The zero-order valence-electron chi connectivity index (χ0n) is 12.7. The molecule has 0 bridgehead atoms. The Morgan fingerprint density at radius 2 is 2.05 bits per heavy atom. The van der Waals surface area contributed by atoms with Crippen LogP contribution in [0.5, 0.6) is 5.75 Å². The van der Waals surface area contributed by atoms with Gasteiger partial charge in [0.25, 0.3) is 5.91 Å². The predicted molar refractivity (Wildman–Crippen MR) is 87.8 cm³/mol. The van der Waals surface area contributed by atoms with Gasteiger partial charge in [0.1, 0.15) is 5.75 Å². The fraction of sp³-hybridized carbons (Fsp3) is 0.167. The molecule has 0 fully saturated rings. The van der Waals surface area contributed by atoms with Gasteiger partial charge in [-0.2, -0.15) is 0 Å². The molecule has 22 heavy (non-hydrogen) atoms. The second-order valence-electron chi connectivity index (χ2n) is 4.87. The number of hydrogen-bond donors (Lipinski definition) is 2. The van der Waals surface area contributed by atoms with E-state index >= 15 is 0 Å². The lowest BCUT2D eigenvalue weighted by molar-refractivity contribution is -0.674. The molecule has 2 rings (SSSR count). The number of nitrogens with one attached hydrogen (secondary N) is 1. The molecule has 4 nitrogen and oxygen atoms in total. The van der Waals surface area contributed by atoms with Gasteiger partial charge in [-0.25, -0.2) is 0 Å². The minimum atomic E-state index is -0.314. The first-order chi connectivity index (χ1) is 10.7. The average Bonchev–Trinajstić information content (AvgIpc) is 2.56. The van der Waals surface area contributed by atoms with Crippen LogP contribution in [0, 0.1) is 0 Å². The lowest BCUT2D eigenvalue weighted by Crippen LogP contribution is -2.87. The van der Waals surface area contributed by atoms with Crippen molar-refractivity contribution in [1.29, 1.82) is 0 Å². The van der Waals surface area contributed by atoms with Crippen LogP contribution in [-0.2, 0) is 4.79 Å². The monoisotopic (exact) mass is 297 g/mol. The first-order valence-electron chi connectivity index (χ1n) is 7.18. The number of quaternary nitrogens is 1. The summed E-state index contributed by atoms with van der Waals surface area (Å²) in [5, 5.41) is 4.90. The highest BCUT2D eigenvalue weighted by Crippen LogP contribution is 2.18. The summed E-state index contributed by atoms with van der Waals surface area (Å²) in [7, 11) is 1.60. The first-order valence-corrected chi connectivity index (χ1v) is 7.18. The van der Waals surface area contributed by atoms with Crippen LogP contribution in [0.1, 0.15) is 11.6 Å². The Morgan fingerprint density at radius 3 is 2.73 bits per heavy atom. The second kappa shape index (κ2) is 8.00. The third kappa shape index (κ3) is 4.20. The zero-order chi connectivity index (χ0) is 15.8. The van der Waals surface area contributed by atoms with Gasteiger partial charge >= 0.3 is 0 Å². The van der Waals surface area contributed by atoms with Gasteiger partial charge in [-0.05, 0) is 18.2 Å². The normalized spacial score (nSPS) is 11.5.